The summed E-state index contributed by atoms with van der Waals surface area (Å²) in [4.78, 5) is 2.17. The van der Waals surface area contributed by atoms with Gasteiger partial charge in [0.2, 0.25) is 0 Å². The highest BCUT2D eigenvalue weighted by atomic mass is 35.5. The summed E-state index contributed by atoms with van der Waals surface area (Å²) < 4.78 is 46.9. The van der Waals surface area contributed by atoms with Crippen molar-refractivity contribution in [3.05, 3.63) is 205 Å². The van der Waals surface area contributed by atoms with Crippen molar-refractivity contribution in [2.45, 2.75) is 254 Å². The number of hydrogen-bond donors (Lipinski definition) is 0. The van der Waals surface area contributed by atoms with E-state index in [1.807, 2.05) is 66.7 Å². The summed E-state index contributed by atoms with van der Waals surface area (Å²) in [7, 11) is 7.57. The van der Waals surface area contributed by atoms with Gasteiger partial charge >= 0.3 is 6.18 Å². The largest absolute Gasteiger partial charge is 0.497 e. The fourth-order valence-corrected chi connectivity index (χ4v) is 8.06. The van der Waals surface area contributed by atoms with E-state index < -0.39 is 11.7 Å². The molecular formula is C86H138Cl3F3N2O2. The Morgan fingerprint density at radius 2 is 0.906 bits per heavy atom. The zero-order valence-electron chi connectivity index (χ0n) is 66.2. The van der Waals surface area contributed by atoms with E-state index >= 15 is 0 Å². The van der Waals surface area contributed by atoms with E-state index in [2.05, 4.69) is 253 Å². The lowest BCUT2D eigenvalue weighted by Crippen LogP contribution is -2.20. The van der Waals surface area contributed by atoms with Gasteiger partial charge in [-0.2, -0.15) is 18.4 Å². The van der Waals surface area contributed by atoms with Gasteiger partial charge < -0.3 is 14.4 Å². The van der Waals surface area contributed by atoms with E-state index in [4.69, 9.17) is 49.5 Å². The molecule has 0 radical (unpaired) electrons. The second kappa shape index (κ2) is 59.1. The van der Waals surface area contributed by atoms with Crippen LogP contribution in [0.1, 0.15) is 279 Å². The maximum atomic E-state index is 12.3. The first-order valence-corrected chi connectivity index (χ1v) is 36.3. The minimum atomic E-state index is -4.30. The van der Waals surface area contributed by atoms with Gasteiger partial charge in [-0.3, -0.25) is 0 Å². The van der Waals surface area contributed by atoms with Gasteiger partial charge in [-0.15, -0.1) is 0 Å². The third-order valence-corrected chi connectivity index (χ3v) is 14.7. The summed E-state index contributed by atoms with van der Waals surface area (Å²) in [6.07, 6.45) is 0.682. The minimum absolute atomic E-state index is 0.00944. The first kappa shape index (κ1) is 99.9. The lowest BCUT2D eigenvalue weighted by molar-refractivity contribution is -0.137. The van der Waals surface area contributed by atoms with Crippen molar-refractivity contribution in [1.29, 1.82) is 5.26 Å². The van der Waals surface area contributed by atoms with Crippen LogP contribution >= 0.6 is 34.8 Å². The van der Waals surface area contributed by atoms with E-state index in [1.165, 1.54) is 58.7 Å². The number of hydrogen-bond acceptors (Lipinski definition) is 4. The summed E-state index contributed by atoms with van der Waals surface area (Å²) in [6, 6.07) is 46.8. The fourth-order valence-electron chi connectivity index (χ4n) is 7.40. The summed E-state index contributed by atoms with van der Waals surface area (Å²) >= 11 is 17.3. The molecule has 0 bridgehead atoms. The number of aryl methyl sites for hydroxylation is 1. The molecule has 0 heterocycles. The molecule has 0 N–H and O–H groups in total. The predicted octanol–water partition coefficient (Wildman–Crippen LogP) is 29.1. The van der Waals surface area contributed by atoms with Crippen LogP contribution in [0.25, 0.3) is 0 Å². The highest BCUT2D eigenvalue weighted by Crippen LogP contribution is 2.34. The van der Waals surface area contributed by atoms with E-state index in [1.54, 1.807) is 28.1 Å². The molecule has 0 aliphatic heterocycles. The van der Waals surface area contributed by atoms with Crippen molar-refractivity contribution in [3.8, 4) is 11.8 Å². The molecule has 546 valence electrons. The number of nitriles is 1. The van der Waals surface area contributed by atoms with Gasteiger partial charge in [-0.1, -0.05) is 286 Å². The van der Waals surface area contributed by atoms with Crippen LogP contribution in [0, 0.1) is 53.8 Å². The number of benzene rings is 6. The maximum Gasteiger partial charge on any atom is 0.416 e. The second-order valence-corrected chi connectivity index (χ2v) is 30.3. The number of halogens is 6. The van der Waals surface area contributed by atoms with Gasteiger partial charge in [0.05, 0.1) is 24.3 Å². The smallest absolute Gasteiger partial charge is 0.416 e. The molecule has 6 aromatic rings. The van der Waals surface area contributed by atoms with Crippen LogP contribution in [-0.4, -0.2) is 45.9 Å². The minimum Gasteiger partial charge on any atom is -0.497 e. The molecule has 0 aliphatic rings. The van der Waals surface area contributed by atoms with Crippen molar-refractivity contribution >= 4 is 34.8 Å². The number of ether oxygens (including phenoxy) is 2. The van der Waals surface area contributed by atoms with Gasteiger partial charge in [0.15, 0.2) is 0 Å². The molecule has 0 aromatic heterocycles. The van der Waals surface area contributed by atoms with E-state index in [0.29, 0.717) is 40.3 Å². The zero-order valence-corrected chi connectivity index (χ0v) is 68.5. The maximum absolute atomic E-state index is 12.3. The standard InChI is InChI=1S/C10H10ClF3.C10H13Cl.C10H11N.C10H14O.C10H14.C9H11Cl.C7H16.C6H14O.C5H13N.C5H12.C4H10/c1-6(2)8-5-7(10(12,13)14)3-4-9(8)11;1-8(2)7-9-3-5-10(11)6-4-9;1-8(2)10-5-3-4-9(6-10)7-11;1-8(2)9-4-6-10(11-3)7-5-9;1-8(2)10-6-4-5-9(3)7-10;1-7(2)8-4-3-5-9(10)6-8;1-6(2)5-7(3)4;1-6(2)4-5-7-3;1-5(2)6(3)4;1-4-5(2)3;1-4(2)3/h3-6H,1-2H3;3-6,8H,7H2,1-2H3;3-6,8H,1-2H3;4-8H,1-3H3;4-8H,1-3H3;3-7H,1-2H3;6-7H,5H2,1-4H3;6H,4-5H2,1-3H3;5H,1-4H3;5H,4H2,1-3H3;4H,1-3H3. The van der Waals surface area contributed by atoms with Crippen molar-refractivity contribution in [1.82, 2.24) is 4.90 Å². The van der Waals surface area contributed by atoms with Crippen LogP contribution in [-0.2, 0) is 17.3 Å². The van der Waals surface area contributed by atoms with Crippen LogP contribution in [0.5, 0.6) is 5.75 Å². The van der Waals surface area contributed by atoms with E-state index in [9.17, 15) is 13.2 Å². The Kier molecular flexibility index (Phi) is 61.5. The Labute approximate surface area is 605 Å². The van der Waals surface area contributed by atoms with Gasteiger partial charge in [0.1, 0.15) is 5.75 Å². The molecule has 0 fully saturated rings. The molecule has 0 spiro atoms. The van der Waals surface area contributed by atoms with Crippen LogP contribution in [0.3, 0.4) is 0 Å². The average molecular weight is 1400 g/mol. The Morgan fingerprint density at radius 3 is 1.20 bits per heavy atom. The molecule has 4 nitrogen and oxygen atoms in total. The van der Waals surface area contributed by atoms with E-state index in [0.717, 1.165) is 82.0 Å². The quantitative estimate of drug-likeness (QED) is 0.103. The third-order valence-electron chi connectivity index (χ3n) is 13.9. The van der Waals surface area contributed by atoms with E-state index in [-0.39, 0.29) is 5.92 Å². The van der Waals surface area contributed by atoms with Crippen LogP contribution < -0.4 is 4.74 Å². The molecule has 10 heteroatoms. The van der Waals surface area contributed by atoms with Crippen molar-refractivity contribution in [2.75, 3.05) is 34.9 Å². The van der Waals surface area contributed by atoms with Gasteiger partial charge in [0.25, 0.3) is 0 Å². The highest BCUT2D eigenvalue weighted by molar-refractivity contribution is 6.31. The van der Waals surface area contributed by atoms with Crippen LogP contribution in [0.2, 0.25) is 15.1 Å². The Bertz CT molecular complexity index is 2730. The van der Waals surface area contributed by atoms with Crippen molar-refractivity contribution in [2.24, 2.45) is 35.5 Å². The SMILES string of the molecule is CC(C)C.CC(C)CC(C)C.CC(C)Cc1ccc(Cl)cc1.CC(C)N(C)C.CC(C)c1cc(C(F)(F)F)ccc1Cl.CC(C)c1cccc(C#N)c1.CC(C)c1cccc(Cl)c1.CCC(C)C.COCCC(C)C.COc1ccc(C(C)C)cc1.Cc1cccc(C(C)C)c1. The average Bonchev–Trinajstić information content (AvgIpc) is 1.13. The number of rotatable bonds is 15. The Balaban J connectivity index is -0.000000321. The lowest BCUT2D eigenvalue weighted by Gasteiger charge is -2.12. The molecular weight excluding hydrogens is 1260 g/mol. The highest BCUT2D eigenvalue weighted by Gasteiger charge is 2.31. The number of alkyl halides is 3. The Morgan fingerprint density at radius 1 is 0.479 bits per heavy atom. The summed E-state index contributed by atoms with van der Waals surface area (Å²) in [5.41, 5.74) is 8.65. The first-order chi connectivity index (χ1) is 44.4. The molecule has 0 amide bonds. The lowest BCUT2D eigenvalue weighted by atomic mass is 10.0. The van der Waals surface area contributed by atoms with Gasteiger partial charge in [0, 0.05) is 34.8 Å². The molecule has 0 saturated carbocycles. The van der Waals surface area contributed by atoms with Crippen LogP contribution in [0.4, 0.5) is 13.2 Å². The van der Waals surface area contributed by atoms with Gasteiger partial charge in [-0.05, 0) is 219 Å². The molecule has 0 saturated heterocycles. The molecule has 6 rings (SSSR count). The van der Waals surface area contributed by atoms with Crippen molar-refractivity contribution in [3.63, 3.8) is 0 Å². The predicted molar refractivity (Wildman–Crippen MR) is 424 cm³/mol. The van der Waals surface area contributed by atoms with Crippen molar-refractivity contribution < 1.29 is 22.6 Å². The number of methoxy groups -OCH3 is 2. The molecule has 0 unspecified atom stereocenters. The fraction of sp³-hybridized carbons (Fsp3) is 0.570. The second-order valence-electron chi connectivity index (χ2n) is 29.0. The first-order valence-electron chi connectivity index (χ1n) is 35.1. The zero-order chi connectivity index (χ0) is 75.4. The molecule has 0 aliphatic carbocycles. The van der Waals surface area contributed by atoms with Gasteiger partial charge in [-0.25, -0.2) is 0 Å². The molecule has 96 heavy (non-hydrogen) atoms. The normalized spacial score (nSPS) is 10.6. The topological polar surface area (TPSA) is 45.5 Å². The Hall–Kier alpha value is -4.81. The summed E-state index contributed by atoms with van der Waals surface area (Å²) in [6.45, 7) is 59.4. The monoisotopic (exact) mass is 1390 g/mol. The summed E-state index contributed by atoms with van der Waals surface area (Å²) in [5.74, 6) is 8.20. The summed E-state index contributed by atoms with van der Waals surface area (Å²) in [5, 5.41) is 10.6. The molecule has 0 atom stereocenters. The third kappa shape index (κ3) is 61.5. The van der Waals surface area contributed by atoms with Crippen LogP contribution in [0.15, 0.2) is 140 Å². The molecule has 6 aromatic carbocycles. The number of nitrogens with zero attached hydrogens (tertiary/aromatic N) is 2.